The summed E-state index contributed by atoms with van der Waals surface area (Å²) >= 11 is 5.47. The van der Waals surface area contributed by atoms with E-state index in [0.29, 0.717) is 6.04 Å². The van der Waals surface area contributed by atoms with Crippen LogP contribution in [0.5, 0.6) is 0 Å². The Labute approximate surface area is 128 Å². The van der Waals surface area contributed by atoms with E-state index in [1.54, 1.807) is 0 Å². The number of nitrogens with one attached hydrogen (secondary N) is 1. The van der Waals surface area contributed by atoms with E-state index in [4.69, 9.17) is 0 Å². The van der Waals surface area contributed by atoms with Crippen molar-refractivity contribution >= 4 is 33.5 Å². The molecule has 1 heterocycles. The van der Waals surface area contributed by atoms with Gasteiger partial charge in [0.15, 0.2) is 0 Å². The van der Waals surface area contributed by atoms with Gasteiger partial charge in [0.05, 0.1) is 0 Å². The van der Waals surface area contributed by atoms with E-state index in [9.17, 15) is 0 Å². The minimum Gasteiger partial charge on any atom is -0.367 e. The molecule has 2 unspecified atom stereocenters. The lowest BCUT2D eigenvalue weighted by atomic mass is 9.95. The Hall–Kier alpha value is -0.290. The molecule has 2 rings (SSSR count). The molecule has 1 N–H and O–H groups in total. The minimum atomic E-state index is 0.558. The number of halogens is 1. The van der Waals surface area contributed by atoms with Crippen LogP contribution in [0.25, 0.3) is 0 Å². The molecule has 1 aromatic heterocycles. The first-order chi connectivity index (χ1) is 9.21. The highest BCUT2D eigenvalue weighted by molar-refractivity contribution is 9.10. The Morgan fingerprint density at radius 1 is 1.42 bits per heavy atom. The third kappa shape index (κ3) is 4.63. The molecule has 0 bridgehead atoms. The standard InChI is InChI=1S/C14H22BrN3S/c1-3-5-13-17-12(15)9-14(18-13)16-10-6-4-7-11(8-10)19-2/h9-11H,3-8H2,1-2H3,(H,16,17,18). The Morgan fingerprint density at radius 3 is 3.00 bits per heavy atom. The van der Waals surface area contributed by atoms with Crippen molar-refractivity contribution < 1.29 is 0 Å². The molecule has 0 aliphatic heterocycles. The van der Waals surface area contributed by atoms with Crippen LogP contribution >= 0.6 is 27.7 Å². The number of hydrogen-bond donors (Lipinski definition) is 1. The predicted octanol–water partition coefficient (Wildman–Crippen LogP) is 4.28. The van der Waals surface area contributed by atoms with Crippen LogP contribution < -0.4 is 5.32 Å². The van der Waals surface area contributed by atoms with E-state index in [2.05, 4.69) is 44.4 Å². The van der Waals surface area contributed by atoms with Crippen molar-refractivity contribution in [3.8, 4) is 0 Å². The fourth-order valence-corrected chi connectivity index (χ4v) is 3.82. The van der Waals surface area contributed by atoms with Crippen LogP contribution in [0.15, 0.2) is 10.7 Å². The van der Waals surface area contributed by atoms with Gasteiger partial charge in [0.2, 0.25) is 0 Å². The quantitative estimate of drug-likeness (QED) is 0.809. The molecule has 1 fully saturated rings. The monoisotopic (exact) mass is 343 g/mol. The first-order valence-corrected chi connectivity index (χ1v) is 9.12. The van der Waals surface area contributed by atoms with E-state index in [1.165, 1.54) is 25.7 Å². The van der Waals surface area contributed by atoms with Crippen molar-refractivity contribution in [1.82, 2.24) is 9.97 Å². The fraction of sp³-hybridized carbons (Fsp3) is 0.714. The number of aryl methyl sites for hydroxylation is 1. The molecule has 1 aromatic rings. The molecule has 1 aliphatic rings. The summed E-state index contributed by atoms with van der Waals surface area (Å²) < 4.78 is 0.880. The average molecular weight is 344 g/mol. The molecule has 3 nitrogen and oxygen atoms in total. The van der Waals surface area contributed by atoms with Gasteiger partial charge in [-0.05, 0) is 47.9 Å². The summed E-state index contributed by atoms with van der Waals surface area (Å²) in [7, 11) is 0. The number of thioether (sulfide) groups is 1. The molecular formula is C14H22BrN3S. The zero-order valence-corrected chi connectivity index (χ0v) is 14.1. The summed E-state index contributed by atoms with van der Waals surface area (Å²) in [5.41, 5.74) is 0. The molecule has 1 aliphatic carbocycles. The van der Waals surface area contributed by atoms with E-state index >= 15 is 0 Å². The second-order valence-electron chi connectivity index (χ2n) is 5.11. The van der Waals surface area contributed by atoms with E-state index in [0.717, 1.165) is 34.3 Å². The third-order valence-electron chi connectivity index (χ3n) is 3.53. The zero-order chi connectivity index (χ0) is 13.7. The lowest BCUT2D eigenvalue weighted by Crippen LogP contribution is -2.29. The Kier molecular flexibility index (Phi) is 5.95. The largest absolute Gasteiger partial charge is 0.367 e. The maximum atomic E-state index is 4.61. The van der Waals surface area contributed by atoms with Crippen molar-refractivity contribution in [2.45, 2.75) is 56.7 Å². The topological polar surface area (TPSA) is 37.8 Å². The van der Waals surface area contributed by atoms with Gasteiger partial charge in [-0.1, -0.05) is 13.3 Å². The van der Waals surface area contributed by atoms with Gasteiger partial charge in [0.1, 0.15) is 16.2 Å². The lowest BCUT2D eigenvalue weighted by Gasteiger charge is -2.29. The highest BCUT2D eigenvalue weighted by Gasteiger charge is 2.21. The number of hydrogen-bond acceptors (Lipinski definition) is 4. The fourth-order valence-electron chi connectivity index (χ4n) is 2.57. The summed E-state index contributed by atoms with van der Waals surface area (Å²) in [4.78, 5) is 9.02. The van der Waals surface area contributed by atoms with Gasteiger partial charge < -0.3 is 5.32 Å². The summed E-state index contributed by atoms with van der Waals surface area (Å²) in [6.07, 6.45) is 9.40. The van der Waals surface area contributed by atoms with E-state index in [1.807, 2.05) is 17.8 Å². The Bertz CT molecular complexity index is 414. The van der Waals surface area contributed by atoms with Crippen LogP contribution in [0.1, 0.15) is 44.9 Å². The van der Waals surface area contributed by atoms with Crippen LogP contribution in [0.2, 0.25) is 0 Å². The van der Waals surface area contributed by atoms with Gasteiger partial charge in [-0.25, -0.2) is 9.97 Å². The molecule has 19 heavy (non-hydrogen) atoms. The number of rotatable bonds is 5. The minimum absolute atomic E-state index is 0.558. The smallest absolute Gasteiger partial charge is 0.132 e. The van der Waals surface area contributed by atoms with Gasteiger partial charge in [-0.3, -0.25) is 0 Å². The SMILES string of the molecule is CCCc1nc(Br)cc(NC2CCCC(SC)C2)n1. The molecule has 106 valence electrons. The zero-order valence-electron chi connectivity index (χ0n) is 11.7. The van der Waals surface area contributed by atoms with Crippen LogP contribution in [0.3, 0.4) is 0 Å². The van der Waals surface area contributed by atoms with E-state index in [-0.39, 0.29) is 0 Å². The number of anilines is 1. The second kappa shape index (κ2) is 7.48. The first kappa shape index (κ1) is 15.1. The van der Waals surface area contributed by atoms with Crippen molar-refractivity contribution in [2.75, 3.05) is 11.6 Å². The molecule has 2 atom stereocenters. The highest BCUT2D eigenvalue weighted by atomic mass is 79.9. The van der Waals surface area contributed by atoms with Crippen molar-refractivity contribution in [3.05, 3.63) is 16.5 Å². The molecule has 0 amide bonds. The molecule has 0 spiro atoms. The Morgan fingerprint density at radius 2 is 2.26 bits per heavy atom. The molecule has 0 aromatic carbocycles. The lowest BCUT2D eigenvalue weighted by molar-refractivity contribution is 0.472. The highest BCUT2D eigenvalue weighted by Crippen LogP contribution is 2.28. The van der Waals surface area contributed by atoms with Gasteiger partial charge >= 0.3 is 0 Å². The van der Waals surface area contributed by atoms with Gasteiger partial charge in [-0.2, -0.15) is 11.8 Å². The van der Waals surface area contributed by atoms with Gasteiger partial charge in [0, 0.05) is 23.8 Å². The van der Waals surface area contributed by atoms with Gasteiger partial charge in [0.25, 0.3) is 0 Å². The van der Waals surface area contributed by atoms with E-state index < -0.39 is 0 Å². The first-order valence-electron chi connectivity index (χ1n) is 7.04. The van der Waals surface area contributed by atoms with Crippen molar-refractivity contribution in [1.29, 1.82) is 0 Å². The van der Waals surface area contributed by atoms with Gasteiger partial charge in [-0.15, -0.1) is 0 Å². The average Bonchev–Trinajstić information content (AvgIpc) is 2.38. The maximum Gasteiger partial charge on any atom is 0.132 e. The Balaban J connectivity index is 2.01. The van der Waals surface area contributed by atoms with Crippen LogP contribution in [0.4, 0.5) is 5.82 Å². The van der Waals surface area contributed by atoms with Crippen molar-refractivity contribution in [3.63, 3.8) is 0 Å². The molecule has 0 radical (unpaired) electrons. The summed E-state index contributed by atoms with van der Waals surface area (Å²) in [5.74, 6) is 1.90. The summed E-state index contributed by atoms with van der Waals surface area (Å²) in [6, 6.07) is 2.55. The van der Waals surface area contributed by atoms with Crippen LogP contribution in [0, 0.1) is 0 Å². The number of nitrogens with zero attached hydrogens (tertiary/aromatic N) is 2. The molecule has 1 saturated carbocycles. The third-order valence-corrected chi connectivity index (χ3v) is 5.03. The summed E-state index contributed by atoms with van der Waals surface area (Å²) in [5, 5.41) is 4.39. The normalized spacial score (nSPS) is 23.3. The van der Waals surface area contributed by atoms with Crippen molar-refractivity contribution in [2.24, 2.45) is 0 Å². The second-order valence-corrected chi connectivity index (χ2v) is 7.06. The number of aromatic nitrogens is 2. The summed E-state index contributed by atoms with van der Waals surface area (Å²) in [6.45, 7) is 2.15. The molecule has 0 saturated heterocycles. The van der Waals surface area contributed by atoms with Crippen LogP contribution in [-0.2, 0) is 6.42 Å². The maximum absolute atomic E-state index is 4.61. The molecular weight excluding hydrogens is 322 g/mol. The predicted molar refractivity (Wildman–Crippen MR) is 86.9 cm³/mol. The van der Waals surface area contributed by atoms with Crippen LogP contribution in [-0.4, -0.2) is 27.5 Å². The molecule has 5 heteroatoms.